The summed E-state index contributed by atoms with van der Waals surface area (Å²) in [6, 6.07) is 1.63. The zero-order valence-electron chi connectivity index (χ0n) is 9.69. The van der Waals surface area contributed by atoms with E-state index in [4.69, 9.17) is 34.8 Å². The monoisotopic (exact) mass is 292 g/mol. The predicted molar refractivity (Wildman–Crippen MR) is 74.4 cm³/mol. The number of anilines is 1. The molecule has 2 rings (SSSR count). The van der Waals surface area contributed by atoms with Crippen LogP contribution in [0.3, 0.4) is 0 Å². The van der Waals surface area contributed by atoms with Crippen LogP contribution in [0.1, 0.15) is 39.0 Å². The fourth-order valence-corrected chi connectivity index (χ4v) is 2.82. The van der Waals surface area contributed by atoms with E-state index >= 15 is 0 Å². The van der Waals surface area contributed by atoms with Crippen molar-refractivity contribution in [2.45, 2.75) is 44.6 Å². The summed E-state index contributed by atoms with van der Waals surface area (Å²) < 4.78 is 0. The molecule has 1 aliphatic rings. The maximum atomic E-state index is 6.11. The Kier molecular flexibility index (Phi) is 4.06. The Bertz CT molecular complexity index is 414. The molecular weight excluding hydrogens is 279 g/mol. The van der Waals surface area contributed by atoms with Gasteiger partial charge in [-0.1, -0.05) is 54.1 Å². The van der Waals surface area contributed by atoms with Crippen molar-refractivity contribution in [3.63, 3.8) is 0 Å². The largest absolute Gasteiger partial charge is 0.364 e. The van der Waals surface area contributed by atoms with Crippen molar-refractivity contribution in [1.29, 1.82) is 0 Å². The molecule has 0 atom stereocenters. The fourth-order valence-electron chi connectivity index (χ4n) is 2.27. The van der Waals surface area contributed by atoms with E-state index in [1.807, 2.05) is 0 Å². The number of nitrogens with one attached hydrogen (secondary N) is 1. The van der Waals surface area contributed by atoms with Crippen LogP contribution in [0.2, 0.25) is 15.2 Å². The lowest BCUT2D eigenvalue weighted by Crippen LogP contribution is -2.37. The Morgan fingerprint density at radius 3 is 2.41 bits per heavy atom. The number of pyridine rings is 1. The first-order valence-electron chi connectivity index (χ1n) is 5.80. The van der Waals surface area contributed by atoms with E-state index in [2.05, 4.69) is 17.2 Å². The minimum Gasteiger partial charge on any atom is -0.364 e. The zero-order chi connectivity index (χ0) is 12.5. The number of halogens is 3. The highest BCUT2D eigenvalue weighted by Gasteiger charge is 2.27. The van der Waals surface area contributed by atoms with Gasteiger partial charge in [0.25, 0.3) is 0 Å². The second-order valence-electron chi connectivity index (χ2n) is 4.84. The molecule has 0 saturated heterocycles. The van der Waals surface area contributed by atoms with Crippen LogP contribution in [-0.4, -0.2) is 10.5 Å². The Morgan fingerprint density at radius 2 is 1.76 bits per heavy atom. The van der Waals surface area contributed by atoms with Gasteiger partial charge in [0.05, 0.1) is 10.0 Å². The number of hydrogen-bond acceptors (Lipinski definition) is 2. The summed E-state index contributed by atoms with van der Waals surface area (Å²) in [5.74, 6) is 0.630. The van der Waals surface area contributed by atoms with Crippen molar-refractivity contribution in [2.75, 3.05) is 5.32 Å². The van der Waals surface area contributed by atoms with Crippen LogP contribution in [0.4, 0.5) is 5.82 Å². The molecule has 0 unspecified atom stereocenters. The van der Waals surface area contributed by atoms with Crippen LogP contribution in [0.5, 0.6) is 0 Å². The topological polar surface area (TPSA) is 24.9 Å². The second kappa shape index (κ2) is 5.21. The molecule has 94 valence electrons. The molecule has 0 spiro atoms. The minimum absolute atomic E-state index is 0.0616. The van der Waals surface area contributed by atoms with Crippen molar-refractivity contribution in [1.82, 2.24) is 4.98 Å². The summed E-state index contributed by atoms with van der Waals surface area (Å²) in [6.07, 6.45) is 6.04. The normalized spacial score (nSPS) is 19.1. The first kappa shape index (κ1) is 13.3. The van der Waals surface area contributed by atoms with E-state index in [-0.39, 0.29) is 10.7 Å². The van der Waals surface area contributed by atoms with Crippen LogP contribution < -0.4 is 5.32 Å². The van der Waals surface area contributed by atoms with Crippen LogP contribution in [0, 0.1) is 0 Å². The first-order valence-corrected chi connectivity index (χ1v) is 6.93. The summed E-state index contributed by atoms with van der Waals surface area (Å²) in [5.41, 5.74) is 0.0616. The van der Waals surface area contributed by atoms with Gasteiger partial charge in [-0.2, -0.15) is 0 Å². The van der Waals surface area contributed by atoms with Crippen LogP contribution in [0.15, 0.2) is 6.07 Å². The van der Waals surface area contributed by atoms with Crippen LogP contribution in [0.25, 0.3) is 0 Å². The highest BCUT2D eigenvalue weighted by Crippen LogP contribution is 2.35. The SMILES string of the molecule is CC1(Nc2nc(Cl)c(Cl)cc2Cl)CCCCC1. The number of aromatic nitrogens is 1. The Hall–Kier alpha value is -0.180. The Labute approximate surface area is 117 Å². The van der Waals surface area contributed by atoms with E-state index < -0.39 is 0 Å². The van der Waals surface area contributed by atoms with Crippen molar-refractivity contribution in [3.05, 3.63) is 21.3 Å². The van der Waals surface area contributed by atoms with E-state index in [1.165, 1.54) is 19.3 Å². The van der Waals surface area contributed by atoms with Gasteiger partial charge in [-0.05, 0) is 25.8 Å². The third-order valence-electron chi connectivity index (χ3n) is 3.26. The summed E-state index contributed by atoms with van der Waals surface area (Å²) in [5, 5.41) is 4.60. The summed E-state index contributed by atoms with van der Waals surface area (Å²) in [4.78, 5) is 4.20. The molecule has 0 aromatic carbocycles. The van der Waals surface area contributed by atoms with Gasteiger partial charge in [0.15, 0.2) is 0 Å². The molecule has 17 heavy (non-hydrogen) atoms. The Balaban J connectivity index is 2.20. The van der Waals surface area contributed by atoms with Gasteiger partial charge in [-0.15, -0.1) is 0 Å². The molecule has 5 heteroatoms. The smallest absolute Gasteiger partial charge is 0.150 e. The lowest BCUT2D eigenvalue weighted by Gasteiger charge is -2.35. The molecule has 1 aromatic rings. The van der Waals surface area contributed by atoms with Gasteiger partial charge in [0, 0.05) is 5.54 Å². The predicted octanol–water partition coefficient (Wildman–Crippen LogP) is 5.18. The van der Waals surface area contributed by atoms with Gasteiger partial charge in [-0.25, -0.2) is 4.98 Å². The standard InChI is InChI=1S/C12H15Cl3N2/c1-12(5-3-2-4-6-12)17-11-9(14)7-8(13)10(15)16-11/h7H,2-6H2,1H3,(H,16,17). The molecule has 1 saturated carbocycles. The van der Waals surface area contributed by atoms with Crippen molar-refractivity contribution >= 4 is 40.6 Å². The molecule has 0 amide bonds. The van der Waals surface area contributed by atoms with Crippen molar-refractivity contribution in [2.24, 2.45) is 0 Å². The van der Waals surface area contributed by atoms with Crippen LogP contribution >= 0.6 is 34.8 Å². The lowest BCUT2D eigenvalue weighted by molar-refractivity contribution is 0.348. The molecule has 0 bridgehead atoms. The molecule has 1 fully saturated rings. The lowest BCUT2D eigenvalue weighted by atomic mass is 9.83. The molecule has 2 nitrogen and oxygen atoms in total. The average molecular weight is 294 g/mol. The van der Waals surface area contributed by atoms with E-state index in [0.29, 0.717) is 15.9 Å². The number of rotatable bonds is 2. The molecule has 1 aliphatic carbocycles. The van der Waals surface area contributed by atoms with Crippen molar-refractivity contribution in [3.8, 4) is 0 Å². The number of nitrogens with zero attached hydrogens (tertiary/aromatic N) is 1. The summed E-state index contributed by atoms with van der Waals surface area (Å²) in [6.45, 7) is 2.20. The van der Waals surface area contributed by atoms with Crippen LogP contribution in [-0.2, 0) is 0 Å². The molecular formula is C12H15Cl3N2. The van der Waals surface area contributed by atoms with E-state index in [1.54, 1.807) is 6.07 Å². The van der Waals surface area contributed by atoms with Gasteiger partial charge >= 0.3 is 0 Å². The van der Waals surface area contributed by atoms with Crippen molar-refractivity contribution < 1.29 is 0 Å². The second-order valence-corrected chi connectivity index (χ2v) is 6.01. The summed E-state index contributed by atoms with van der Waals surface area (Å²) >= 11 is 17.9. The maximum Gasteiger partial charge on any atom is 0.150 e. The Morgan fingerprint density at radius 1 is 1.12 bits per heavy atom. The minimum atomic E-state index is 0.0616. The molecule has 0 radical (unpaired) electrons. The third-order valence-corrected chi connectivity index (χ3v) is 4.23. The fraction of sp³-hybridized carbons (Fsp3) is 0.583. The first-order chi connectivity index (χ1) is 8.00. The highest BCUT2D eigenvalue weighted by molar-refractivity contribution is 6.42. The molecule has 1 heterocycles. The zero-order valence-corrected chi connectivity index (χ0v) is 12.0. The molecule has 0 aliphatic heterocycles. The highest BCUT2D eigenvalue weighted by atomic mass is 35.5. The summed E-state index contributed by atoms with van der Waals surface area (Å²) in [7, 11) is 0. The van der Waals surface area contributed by atoms with Gasteiger partial charge < -0.3 is 5.32 Å². The van der Waals surface area contributed by atoms with E-state index in [0.717, 1.165) is 12.8 Å². The number of hydrogen-bond donors (Lipinski definition) is 1. The maximum absolute atomic E-state index is 6.11. The van der Waals surface area contributed by atoms with Gasteiger partial charge in [0.2, 0.25) is 0 Å². The molecule has 1 aromatic heterocycles. The average Bonchev–Trinajstić information content (AvgIpc) is 2.26. The molecule has 1 N–H and O–H groups in total. The third kappa shape index (κ3) is 3.18. The van der Waals surface area contributed by atoms with Gasteiger partial charge in [-0.3, -0.25) is 0 Å². The van der Waals surface area contributed by atoms with Gasteiger partial charge in [0.1, 0.15) is 11.0 Å². The van der Waals surface area contributed by atoms with E-state index in [9.17, 15) is 0 Å². The quantitative estimate of drug-likeness (QED) is 0.760.